The van der Waals surface area contributed by atoms with Crippen LogP contribution in [0.3, 0.4) is 0 Å². The predicted molar refractivity (Wildman–Crippen MR) is 230 cm³/mol. The minimum atomic E-state index is -0.147. The van der Waals surface area contributed by atoms with E-state index in [1.54, 1.807) is 78.5 Å². The van der Waals surface area contributed by atoms with Crippen molar-refractivity contribution in [2.75, 3.05) is 50.9 Å². The summed E-state index contributed by atoms with van der Waals surface area (Å²) in [6, 6.07) is 20.9. The van der Waals surface area contributed by atoms with Gasteiger partial charge in [0.1, 0.15) is 5.52 Å². The van der Waals surface area contributed by atoms with Gasteiger partial charge in [-0.1, -0.05) is 73.1 Å². The Morgan fingerprint density at radius 2 is 1.08 bits per heavy atom. The fourth-order valence-corrected chi connectivity index (χ4v) is 9.48. The number of carbonyl (C=O) groups is 4. The van der Waals surface area contributed by atoms with E-state index < -0.39 is 0 Å². The first-order valence-electron chi connectivity index (χ1n) is 19.6. The van der Waals surface area contributed by atoms with Crippen molar-refractivity contribution < 1.29 is 76.0 Å². The zero-order valence-corrected chi connectivity index (χ0v) is 38.5. The molecule has 59 heavy (non-hydrogen) atoms. The molecule has 0 amide bonds. The minimum absolute atomic E-state index is 0. The van der Waals surface area contributed by atoms with Gasteiger partial charge in [-0.05, 0) is 88.3 Å². The van der Waals surface area contributed by atoms with Gasteiger partial charge in [-0.3, -0.25) is 19.2 Å². The summed E-state index contributed by atoms with van der Waals surface area (Å²) >= 11 is 12.3. The summed E-state index contributed by atoms with van der Waals surface area (Å²) in [6.45, 7) is 7.04. The summed E-state index contributed by atoms with van der Waals surface area (Å²) in [7, 11) is 0. The van der Waals surface area contributed by atoms with Crippen molar-refractivity contribution in [3.8, 4) is 0 Å². The topological polar surface area (TPSA) is 165 Å². The molecule has 2 fully saturated rings. The fourth-order valence-electron chi connectivity index (χ4n) is 8.14. The van der Waals surface area contributed by atoms with Crippen LogP contribution in [-0.2, 0) is 0 Å². The number of carbonyl (C=O) groups excluding carboxylic acids is 4. The van der Waals surface area contributed by atoms with Crippen molar-refractivity contribution >= 4 is 80.8 Å². The molecule has 0 saturated carbocycles. The molecule has 0 atom stereocenters. The van der Waals surface area contributed by atoms with Crippen LogP contribution < -0.4 is 51.4 Å². The van der Waals surface area contributed by atoms with Crippen LogP contribution in [0.1, 0.15) is 102 Å². The first-order valence-corrected chi connectivity index (χ1v) is 21.5. The number of fused-ring (bicyclic) bond motifs is 8. The van der Waals surface area contributed by atoms with Crippen LogP contribution in [0.4, 0.5) is 0 Å². The smallest absolute Gasteiger partial charge is 0.870 e. The van der Waals surface area contributed by atoms with Crippen LogP contribution in [0, 0.1) is 4.77 Å². The van der Waals surface area contributed by atoms with Crippen molar-refractivity contribution in [1.82, 2.24) is 29.7 Å². The van der Waals surface area contributed by atoms with E-state index in [9.17, 15) is 19.2 Å². The summed E-state index contributed by atoms with van der Waals surface area (Å²) in [6.07, 6.45) is 8.08. The Morgan fingerprint density at radius 3 is 1.64 bits per heavy atom. The quantitative estimate of drug-likeness (QED) is 0.0847. The second-order valence-electron chi connectivity index (χ2n) is 14.7. The van der Waals surface area contributed by atoms with Gasteiger partial charge in [0.25, 0.3) is 0 Å². The van der Waals surface area contributed by atoms with E-state index in [1.165, 1.54) is 64.7 Å². The summed E-state index contributed by atoms with van der Waals surface area (Å²) in [5.74, 6) is 1.25. The summed E-state index contributed by atoms with van der Waals surface area (Å²) in [5.41, 5.74) is 6.29. The average Bonchev–Trinajstić information content (AvgIpc) is 3.85. The zero-order chi connectivity index (χ0) is 39.5. The predicted octanol–water partition coefficient (Wildman–Crippen LogP) is 5.46. The molecule has 10 rings (SSSR count). The van der Waals surface area contributed by atoms with Crippen molar-refractivity contribution in [3.63, 3.8) is 0 Å². The van der Waals surface area contributed by atoms with Gasteiger partial charge in [0, 0.05) is 58.1 Å². The van der Waals surface area contributed by atoms with Gasteiger partial charge in [-0.25, -0.2) is 4.98 Å². The number of benzene rings is 4. The van der Waals surface area contributed by atoms with E-state index in [2.05, 4.69) is 29.7 Å². The van der Waals surface area contributed by atoms with E-state index in [0.29, 0.717) is 60.3 Å². The number of nitrogens with zero attached hydrogens (tertiary/aromatic N) is 3. The Balaban J connectivity index is 0.000000165. The van der Waals surface area contributed by atoms with Crippen LogP contribution in [-0.4, -0.2) is 109 Å². The number of thioether (sulfide) groups is 1. The van der Waals surface area contributed by atoms with Gasteiger partial charge >= 0.3 is 51.4 Å². The minimum Gasteiger partial charge on any atom is -0.870 e. The Kier molecular flexibility index (Phi) is 15.9. The second kappa shape index (κ2) is 20.6. The number of hydrogen-bond donors (Lipinski definition) is 3. The molecule has 2 aliphatic heterocycles. The number of imidazole rings is 2. The molecule has 0 unspecified atom stereocenters. The number of aromatic nitrogens is 4. The third-order valence-electron chi connectivity index (χ3n) is 11.0. The first kappa shape index (κ1) is 45.4. The zero-order valence-electron chi connectivity index (χ0n) is 32.9. The normalized spacial score (nSPS) is 16.0. The molecule has 0 spiro atoms. The molecule has 6 aromatic rings. The standard InChI is InChI=1S/C22H21N3O2S.C15H8N2O2S.C7H14ClN.K.H2O/c26-20-14-6-2-3-7-15(14)21(27)18-16(20)8-9-17-19(18)24-22(23-17)28-13-12-25-10-4-1-5-11-25;18-13-7-3-1-2-4-8(7)14(19)11-9(13)5-6-10-12(11)17-15(20)16-10;8-4-7-9-5-2-1-3-6-9;;/h2-3,6-9H,1,4-5,10-13H2,(H,23,24);1-6H,(H2,16,17,20);1-7H2;;1H2/q;;;+1;/p-1. The Labute approximate surface area is 399 Å². The number of likely N-dealkylation sites (tertiary alicyclic amines) is 2. The molecule has 0 radical (unpaired) electrons. The Morgan fingerprint density at radius 1 is 0.593 bits per heavy atom. The number of rotatable bonds is 6. The molecule has 2 saturated heterocycles. The molecule has 4 heterocycles. The van der Waals surface area contributed by atoms with Crippen LogP contribution in [0.5, 0.6) is 0 Å². The number of piperidine rings is 2. The molecule has 4 aliphatic rings. The second-order valence-corrected chi connectivity index (χ2v) is 16.5. The van der Waals surface area contributed by atoms with Gasteiger partial charge in [-0.15, -0.1) is 11.6 Å². The van der Waals surface area contributed by atoms with Crippen LogP contribution >= 0.6 is 35.6 Å². The third-order valence-corrected chi connectivity index (χ3v) is 12.3. The van der Waals surface area contributed by atoms with Gasteiger partial charge in [0.2, 0.25) is 0 Å². The van der Waals surface area contributed by atoms with Crippen LogP contribution in [0.2, 0.25) is 0 Å². The molecule has 4 aromatic carbocycles. The van der Waals surface area contributed by atoms with Crippen LogP contribution in [0.25, 0.3) is 22.1 Å². The van der Waals surface area contributed by atoms with Crippen molar-refractivity contribution in [1.29, 1.82) is 0 Å². The maximum absolute atomic E-state index is 13.1. The number of H-pyrrole nitrogens is 3. The maximum Gasteiger partial charge on any atom is 1.00 e. The average molecular weight is 876 g/mol. The number of ketones is 4. The Hall–Kier alpha value is -3.12. The Bertz CT molecular complexity index is 2570. The number of aromatic amines is 3. The SMILES string of the molecule is ClCCN1CCCCC1.O=C1c2ccccc2C(=O)c2c1ccc1[nH]c(=S)[nH]c21.O=C1c2ccccc2C(=O)c2c1ccc1[nH]c(SCCN3CCCCC3)nc21.[K+].[OH-]. The number of alkyl halides is 1. The van der Waals surface area contributed by atoms with Gasteiger partial charge in [0.05, 0.1) is 27.7 Å². The molecule has 4 N–H and O–H groups in total. The van der Waals surface area contributed by atoms with Crippen molar-refractivity contribution in [2.45, 2.75) is 43.7 Å². The van der Waals surface area contributed by atoms with E-state index in [1.807, 2.05) is 6.07 Å². The van der Waals surface area contributed by atoms with Gasteiger partial charge < -0.3 is 30.2 Å². The molecule has 15 heteroatoms. The van der Waals surface area contributed by atoms with E-state index in [0.717, 1.165) is 40.9 Å². The first-order chi connectivity index (χ1) is 27.8. The van der Waals surface area contributed by atoms with E-state index in [-0.39, 0.29) is 80.0 Å². The third kappa shape index (κ3) is 9.68. The molecular weight excluding hydrogens is 831 g/mol. The number of hydrogen-bond acceptors (Lipinski definition) is 10. The fraction of sp³-hybridized carbons (Fsp3) is 0.318. The molecular formula is C44H44ClKN6O5S2. The molecule has 2 aromatic heterocycles. The van der Waals surface area contributed by atoms with Crippen LogP contribution in [0.15, 0.2) is 78.0 Å². The van der Waals surface area contributed by atoms with Crippen molar-refractivity contribution in [3.05, 3.63) is 122 Å². The molecule has 2 aliphatic carbocycles. The van der Waals surface area contributed by atoms with Gasteiger partial charge in [-0.2, -0.15) is 0 Å². The monoisotopic (exact) mass is 874 g/mol. The number of nitrogens with one attached hydrogen (secondary N) is 3. The van der Waals surface area contributed by atoms with Crippen molar-refractivity contribution in [2.24, 2.45) is 0 Å². The van der Waals surface area contributed by atoms with Gasteiger partial charge in [0.15, 0.2) is 33.1 Å². The largest absolute Gasteiger partial charge is 1.00 e. The van der Waals surface area contributed by atoms with E-state index in [4.69, 9.17) is 23.8 Å². The summed E-state index contributed by atoms with van der Waals surface area (Å²) < 4.78 is 0.438. The molecule has 300 valence electrons. The summed E-state index contributed by atoms with van der Waals surface area (Å²) in [5, 5.41) is 0.805. The maximum atomic E-state index is 13.1. The molecule has 11 nitrogen and oxygen atoms in total. The summed E-state index contributed by atoms with van der Waals surface area (Å²) in [4.78, 5) is 69.9. The number of halogens is 1. The van der Waals surface area contributed by atoms with E-state index >= 15 is 0 Å². The molecule has 0 bridgehead atoms.